The summed E-state index contributed by atoms with van der Waals surface area (Å²) in [6.45, 7) is 0.222. The molecule has 0 radical (unpaired) electrons. The van der Waals surface area contributed by atoms with E-state index in [1.54, 1.807) is 12.1 Å². The van der Waals surface area contributed by atoms with E-state index in [1.807, 2.05) is 30.3 Å². The van der Waals surface area contributed by atoms with Crippen LogP contribution in [-0.4, -0.2) is 52.6 Å². The molecular weight excluding hydrogens is 563 g/mol. The number of aromatic nitrogens is 3. The van der Waals surface area contributed by atoms with Crippen LogP contribution in [0.2, 0.25) is 0 Å². The van der Waals surface area contributed by atoms with Crippen LogP contribution in [0.3, 0.4) is 0 Å². The van der Waals surface area contributed by atoms with Crippen LogP contribution in [0.5, 0.6) is 5.75 Å². The number of nitrogens with zero attached hydrogens (tertiary/aromatic N) is 5. The van der Waals surface area contributed by atoms with Crippen molar-refractivity contribution in [2.24, 2.45) is 0 Å². The van der Waals surface area contributed by atoms with Gasteiger partial charge in [-0.1, -0.05) is 30.3 Å². The first kappa shape index (κ1) is 28.2. The van der Waals surface area contributed by atoms with Crippen LogP contribution in [0.1, 0.15) is 27.5 Å². The first-order chi connectivity index (χ1) is 20.4. The number of rotatable bonds is 8. The Bertz CT molecular complexity index is 1660. The lowest BCUT2D eigenvalue weighted by atomic mass is 10.1. The van der Waals surface area contributed by atoms with E-state index < -0.39 is 29.8 Å². The lowest BCUT2D eigenvalue weighted by Gasteiger charge is -2.28. The number of carbonyl (C=O) groups is 3. The van der Waals surface area contributed by atoms with Gasteiger partial charge in [-0.3, -0.25) is 24.7 Å². The van der Waals surface area contributed by atoms with Crippen LogP contribution in [0.4, 0.5) is 26.5 Å². The largest absolute Gasteiger partial charge is 0.497 e. The molecule has 1 saturated heterocycles. The maximum absolute atomic E-state index is 13.9. The van der Waals surface area contributed by atoms with E-state index in [9.17, 15) is 18.8 Å². The number of halogens is 1. The van der Waals surface area contributed by atoms with E-state index in [1.165, 1.54) is 28.4 Å². The van der Waals surface area contributed by atoms with Crippen molar-refractivity contribution in [2.45, 2.75) is 19.1 Å². The van der Waals surface area contributed by atoms with E-state index in [4.69, 9.17) is 15.9 Å². The lowest BCUT2D eigenvalue weighted by Crippen LogP contribution is -2.46. The Kier molecular flexibility index (Phi) is 8.35. The minimum Gasteiger partial charge on any atom is -0.497 e. The number of benzene rings is 2. The maximum Gasteiger partial charge on any atom is 0.411 e. The second-order valence-corrected chi connectivity index (χ2v) is 9.82. The molecule has 2 aromatic carbocycles. The van der Waals surface area contributed by atoms with Crippen molar-refractivity contribution in [1.82, 2.24) is 15.0 Å². The summed E-state index contributed by atoms with van der Waals surface area (Å²) in [6.07, 6.45) is 6.85. The minimum atomic E-state index is -1.01. The SMILES string of the molecule is C#Cc1nc(C(=O)N(c2cc(NC(=O)OCc3ccccc3)cc(OC)c2)C2CCN(c3ncc(F)cn3)C2=O)cs1. The molecule has 3 heterocycles. The van der Waals surface area contributed by atoms with Gasteiger partial charge in [0, 0.05) is 29.7 Å². The van der Waals surface area contributed by atoms with Crippen molar-refractivity contribution in [3.8, 4) is 18.1 Å². The molecule has 0 bridgehead atoms. The lowest BCUT2D eigenvalue weighted by molar-refractivity contribution is -0.118. The van der Waals surface area contributed by atoms with E-state index in [0.29, 0.717) is 10.8 Å². The van der Waals surface area contributed by atoms with E-state index in [2.05, 4.69) is 26.2 Å². The topological polar surface area (TPSA) is 127 Å². The monoisotopic (exact) mass is 586 g/mol. The average Bonchev–Trinajstić information content (AvgIpc) is 3.64. The summed E-state index contributed by atoms with van der Waals surface area (Å²) in [5, 5.41) is 4.45. The highest BCUT2D eigenvalue weighted by atomic mass is 32.1. The summed E-state index contributed by atoms with van der Waals surface area (Å²) < 4.78 is 24.2. The first-order valence-corrected chi connectivity index (χ1v) is 13.5. The van der Waals surface area contributed by atoms with Gasteiger partial charge in [0.05, 0.1) is 25.2 Å². The second kappa shape index (κ2) is 12.4. The van der Waals surface area contributed by atoms with Gasteiger partial charge in [-0.25, -0.2) is 24.1 Å². The third-order valence-corrected chi connectivity index (χ3v) is 7.04. The van der Waals surface area contributed by atoms with Gasteiger partial charge in [0.2, 0.25) is 5.95 Å². The standard InChI is InChI=1S/C29H23FN6O5S/c1-3-25-34-23(17-42-25)26(37)36(24-9-10-35(27(24)38)28-31-14-19(30)15-32-28)21-11-20(12-22(13-21)40-2)33-29(39)41-16-18-7-5-4-6-8-18/h1,4-8,11-15,17,24H,9-10,16H2,2H3,(H,33,39). The van der Waals surface area contributed by atoms with Gasteiger partial charge in [-0.05, 0) is 24.0 Å². The molecule has 0 spiro atoms. The fourth-order valence-electron chi connectivity index (χ4n) is 4.34. The Balaban J connectivity index is 1.46. The zero-order chi connectivity index (χ0) is 29.6. The number of carbonyl (C=O) groups excluding carboxylic acids is 3. The smallest absolute Gasteiger partial charge is 0.411 e. The zero-order valence-corrected chi connectivity index (χ0v) is 23.0. The minimum absolute atomic E-state index is 0.00809. The van der Waals surface area contributed by atoms with Crippen LogP contribution >= 0.6 is 11.3 Å². The quantitative estimate of drug-likeness (QED) is 0.304. The highest BCUT2D eigenvalue weighted by Crippen LogP contribution is 2.33. The normalized spacial score (nSPS) is 14.3. The third-order valence-electron chi connectivity index (χ3n) is 6.27. The molecule has 3 amide bonds. The van der Waals surface area contributed by atoms with Gasteiger partial charge >= 0.3 is 6.09 Å². The Hall–Kier alpha value is -5.35. The van der Waals surface area contributed by atoms with Crippen LogP contribution < -0.4 is 19.9 Å². The molecule has 2 aromatic heterocycles. The molecule has 1 unspecified atom stereocenters. The average molecular weight is 587 g/mol. The number of methoxy groups -OCH3 is 1. The number of nitrogens with one attached hydrogen (secondary N) is 1. The molecule has 42 heavy (non-hydrogen) atoms. The predicted octanol–water partition coefficient (Wildman–Crippen LogP) is 4.26. The maximum atomic E-state index is 13.9. The molecule has 212 valence electrons. The Morgan fingerprint density at radius 1 is 1.21 bits per heavy atom. The molecular formula is C29H23FN6O5S. The van der Waals surface area contributed by atoms with Gasteiger partial charge < -0.3 is 9.47 Å². The number of amides is 3. The van der Waals surface area contributed by atoms with Gasteiger partial charge in [-0.15, -0.1) is 17.8 Å². The van der Waals surface area contributed by atoms with Crippen molar-refractivity contribution in [3.63, 3.8) is 0 Å². The van der Waals surface area contributed by atoms with E-state index in [-0.39, 0.29) is 42.6 Å². The predicted molar refractivity (Wildman–Crippen MR) is 153 cm³/mol. The van der Waals surface area contributed by atoms with Crippen LogP contribution in [-0.2, 0) is 16.1 Å². The van der Waals surface area contributed by atoms with Gasteiger partial charge in [0.1, 0.15) is 24.1 Å². The molecule has 11 nitrogen and oxygen atoms in total. The van der Waals surface area contributed by atoms with Crippen LogP contribution in [0.25, 0.3) is 0 Å². The summed E-state index contributed by atoms with van der Waals surface area (Å²) in [4.78, 5) is 54.7. The molecule has 13 heteroatoms. The molecule has 1 N–H and O–H groups in total. The van der Waals surface area contributed by atoms with Crippen molar-refractivity contribution in [2.75, 3.05) is 28.8 Å². The van der Waals surface area contributed by atoms with E-state index in [0.717, 1.165) is 29.3 Å². The number of thiazole rings is 1. The number of ether oxygens (including phenoxy) is 2. The van der Waals surface area contributed by atoms with Crippen LogP contribution in [0.15, 0.2) is 66.3 Å². The first-order valence-electron chi connectivity index (χ1n) is 12.6. The molecule has 0 aliphatic carbocycles. The van der Waals surface area contributed by atoms with Gasteiger partial charge in [-0.2, -0.15) is 0 Å². The molecule has 0 saturated carbocycles. The van der Waals surface area contributed by atoms with Crippen molar-refractivity contribution in [1.29, 1.82) is 0 Å². The Labute approximate surface area is 243 Å². The van der Waals surface area contributed by atoms with Crippen molar-refractivity contribution < 1.29 is 28.2 Å². The fraction of sp³-hybridized carbons (Fsp3) is 0.172. The number of anilines is 3. The summed E-state index contributed by atoms with van der Waals surface area (Å²) in [5.41, 5.74) is 1.34. The van der Waals surface area contributed by atoms with Gasteiger partial charge in [0.15, 0.2) is 10.8 Å². The number of hydrogen-bond acceptors (Lipinski definition) is 9. The molecule has 1 aliphatic rings. The Morgan fingerprint density at radius 3 is 2.67 bits per heavy atom. The van der Waals surface area contributed by atoms with Crippen molar-refractivity contribution >= 4 is 46.6 Å². The zero-order valence-electron chi connectivity index (χ0n) is 22.2. The summed E-state index contributed by atoms with van der Waals surface area (Å²) in [5.74, 6) is 0.977. The molecule has 4 aromatic rings. The fourth-order valence-corrected chi connectivity index (χ4v) is 4.93. The molecule has 1 aliphatic heterocycles. The number of hydrogen-bond donors (Lipinski definition) is 1. The Morgan fingerprint density at radius 2 is 1.98 bits per heavy atom. The van der Waals surface area contributed by atoms with Crippen molar-refractivity contribution in [3.05, 3.63) is 88.4 Å². The summed E-state index contributed by atoms with van der Waals surface area (Å²) in [7, 11) is 1.43. The third kappa shape index (κ3) is 6.18. The van der Waals surface area contributed by atoms with Crippen LogP contribution in [0, 0.1) is 18.2 Å². The van der Waals surface area contributed by atoms with Gasteiger partial charge in [0.25, 0.3) is 11.8 Å². The summed E-state index contributed by atoms with van der Waals surface area (Å²) in [6, 6.07) is 12.8. The summed E-state index contributed by atoms with van der Waals surface area (Å²) >= 11 is 1.11. The second-order valence-electron chi connectivity index (χ2n) is 8.96. The molecule has 1 fully saturated rings. The molecule has 1 atom stereocenters. The van der Waals surface area contributed by atoms with E-state index >= 15 is 0 Å². The highest BCUT2D eigenvalue weighted by molar-refractivity contribution is 7.10. The highest BCUT2D eigenvalue weighted by Gasteiger charge is 2.41. The molecule has 5 rings (SSSR count). The number of terminal acetylenes is 1.